The molecule has 0 unspecified atom stereocenters. The summed E-state index contributed by atoms with van der Waals surface area (Å²) >= 11 is 0. The molecule has 1 aliphatic heterocycles. The summed E-state index contributed by atoms with van der Waals surface area (Å²) in [6, 6.07) is 7.80. The first-order valence-electron chi connectivity index (χ1n) is 8.91. The maximum Gasteiger partial charge on any atom is 0.320 e. The zero-order valence-electron chi connectivity index (χ0n) is 15.2. The lowest BCUT2D eigenvalue weighted by Gasteiger charge is -2.21. The van der Waals surface area contributed by atoms with E-state index in [-0.39, 0.29) is 11.9 Å². The largest absolute Gasteiger partial charge is 0.496 e. The number of hydrogen-bond acceptors (Lipinski definition) is 5. The molecular weight excluding hydrogens is 320 g/mol. The van der Waals surface area contributed by atoms with E-state index in [1.807, 2.05) is 36.1 Å². The average molecular weight is 348 g/mol. The van der Waals surface area contributed by atoms with E-state index in [1.165, 1.54) is 0 Å². The first kappa shape index (κ1) is 19.2. The van der Waals surface area contributed by atoms with Crippen molar-refractivity contribution >= 4 is 11.9 Å². The first-order chi connectivity index (χ1) is 12.1. The van der Waals surface area contributed by atoms with Crippen LogP contribution < -0.4 is 4.74 Å². The number of ether oxygens (including phenoxy) is 2. The molecule has 1 aromatic rings. The lowest BCUT2D eigenvalue weighted by Crippen LogP contribution is -2.37. The zero-order chi connectivity index (χ0) is 18.1. The van der Waals surface area contributed by atoms with Gasteiger partial charge in [-0.2, -0.15) is 0 Å². The molecule has 1 aliphatic rings. The van der Waals surface area contributed by atoms with E-state index in [4.69, 9.17) is 9.47 Å². The summed E-state index contributed by atoms with van der Waals surface area (Å²) in [5, 5.41) is 0. The molecule has 1 heterocycles. The molecule has 0 atom stereocenters. The molecule has 0 aliphatic carbocycles. The molecule has 0 bridgehead atoms. The number of esters is 1. The molecule has 0 radical (unpaired) electrons. The standard InChI is InChI=1S/C19H28N2O4/c1-3-25-19(23)15-20-11-6-12-21(14-13-20)18(22)10-9-16-7-4-5-8-17(16)24-2/h4-5,7-8H,3,6,9-15H2,1-2H3. The van der Waals surface area contributed by atoms with Crippen LogP contribution in [0.25, 0.3) is 0 Å². The minimum Gasteiger partial charge on any atom is -0.496 e. The Labute approximate surface area is 149 Å². The van der Waals surface area contributed by atoms with Gasteiger partial charge in [0.15, 0.2) is 0 Å². The van der Waals surface area contributed by atoms with E-state index in [0.29, 0.717) is 39.1 Å². The van der Waals surface area contributed by atoms with Crippen LogP contribution in [-0.2, 0) is 20.7 Å². The first-order valence-corrected chi connectivity index (χ1v) is 8.91. The highest BCUT2D eigenvalue weighted by atomic mass is 16.5. The molecule has 0 spiro atoms. The van der Waals surface area contributed by atoms with Gasteiger partial charge in [0, 0.05) is 32.6 Å². The fourth-order valence-corrected chi connectivity index (χ4v) is 3.08. The third kappa shape index (κ3) is 6.05. The van der Waals surface area contributed by atoms with Crippen LogP contribution in [0, 0.1) is 0 Å². The minimum atomic E-state index is -0.196. The predicted octanol–water partition coefficient (Wildman–Crippen LogP) is 1.73. The van der Waals surface area contributed by atoms with Gasteiger partial charge < -0.3 is 14.4 Å². The fraction of sp³-hybridized carbons (Fsp3) is 0.579. The maximum atomic E-state index is 12.5. The Balaban J connectivity index is 1.81. The van der Waals surface area contributed by atoms with Gasteiger partial charge in [-0.3, -0.25) is 14.5 Å². The van der Waals surface area contributed by atoms with Gasteiger partial charge in [-0.05, 0) is 31.4 Å². The number of amides is 1. The lowest BCUT2D eigenvalue weighted by atomic mass is 10.1. The van der Waals surface area contributed by atoms with E-state index in [9.17, 15) is 9.59 Å². The molecule has 0 aromatic heterocycles. The molecule has 25 heavy (non-hydrogen) atoms. The van der Waals surface area contributed by atoms with Crippen LogP contribution in [0.5, 0.6) is 5.75 Å². The van der Waals surface area contributed by atoms with Gasteiger partial charge in [0.1, 0.15) is 5.75 Å². The van der Waals surface area contributed by atoms with Crippen molar-refractivity contribution < 1.29 is 19.1 Å². The predicted molar refractivity (Wildman–Crippen MR) is 95.6 cm³/mol. The van der Waals surface area contributed by atoms with Crippen LogP contribution in [0.4, 0.5) is 0 Å². The number of benzene rings is 1. The molecule has 1 amide bonds. The van der Waals surface area contributed by atoms with Crippen molar-refractivity contribution in [1.29, 1.82) is 0 Å². The normalized spacial score (nSPS) is 15.5. The van der Waals surface area contributed by atoms with Crippen LogP contribution >= 0.6 is 0 Å². The number of hydrogen-bond donors (Lipinski definition) is 0. The molecule has 1 saturated heterocycles. The average Bonchev–Trinajstić information content (AvgIpc) is 2.85. The number of rotatable bonds is 7. The molecule has 2 rings (SSSR count). The quantitative estimate of drug-likeness (QED) is 0.702. The highest BCUT2D eigenvalue weighted by Gasteiger charge is 2.20. The van der Waals surface area contributed by atoms with Crippen LogP contribution in [0.1, 0.15) is 25.3 Å². The molecule has 6 heteroatoms. The van der Waals surface area contributed by atoms with Gasteiger partial charge in [0.25, 0.3) is 0 Å². The number of carbonyl (C=O) groups excluding carboxylic acids is 2. The van der Waals surface area contributed by atoms with Crippen molar-refractivity contribution in [3.63, 3.8) is 0 Å². The second-order valence-electron chi connectivity index (χ2n) is 6.13. The summed E-state index contributed by atoms with van der Waals surface area (Å²) in [6.07, 6.45) is 2.02. The molecule has 138 valence electrons. The Morgan fingerprint density at radius 3 is 2.68 bits per heavy atom. The van der Waals surface area contributed by atoms with E-state index < -0.39 is 0 Å². The number of para-hydroxylation sites is 1. The van der Waals surface area contributed by atoms with Gasteiger partial charge in [-0.15, -0.1) is 0 Å². The Hall–Kier alpha value is -2.08. The summed E-state index contributed by atoms with van der Waals surface area (Å²) in [4.78, 5) is 28.1. The van der Waals surface area contributed by atoms with Gasteiger partial charge in [-0.25, -0.2) is 0 Å². The van der Waals surface area contributed by atoms with Crippen molar-refractivity contribution in [3.05, 3.63) is 29.8 Å². The number of carbonyl (C=O) groups is 2. The Kier molecular flexibility index (Phi) is 7.73. The fourth-order valence-electron chi connectivity index (χ4n) is 3.08. The lowest BCUT2D eigenvalue weighted by molar-refractivity contribution is -0.144. The minimum absolute atomic E-state index is 0.156. The summed E-state index contributed by atoms with van der Waals surface area (Å²) in [7, 11) is 1.65. The monoisotopic (exact) mass is 348 g/mol. The Bertz CT molecular complexity index is 576. The van der Waals surface area contributed by atoms with Gasteiger partial charge in [0.2, 0.25) is 5.91 Å². The third-order valence-electron chi connectivity index (χ3n) is 4.40. The van der Waals surface area contributed by atoms with Crippen molar-refractivity contribution in [2.75, 3.05) is 46.4 Å². The maximum absolute atomic E-state index is 12.5. The van der Waals surface area contributed by atoms with Crippen LogP contribution in [-0.4, -0.2) is 68.1 Å². The summed E-state index contributed by atoms with van der Waals surface area (Å²) in [6.45, 7) is 5.43. The summed E-state index contributed by atoms with van der Waals surface area (Å²) in [5.74, 6) is 0.786. The van der Waals surface area contributed by atoms with Crippen molar-refractivity contribution in [1.82, 2.24) is 9.80 Å². The van der Waals surface area contributed by atoms with Crippen molar-refractivity contribution in [2.24, 2.45) is 0 Å². The third-order valence-corrected chi connectivity index (χ3v) is 4.40. The SMILES string of the molecule is CCOC(=O)CN1CCCN(C(=O)CCc2ccccc2OC)CC1. The van der Waals surface area contributed by atoms with Crippen LogP contribution in [0.2, 0.25) is 0 Å². The van der Waals surface area contributed by atoms with Gasteiger partial charge >= 0.3 is 5.97 Å². The van der Waals surface area contributed by atoms with Crippen molar-refractivity contribution in [3.8, 4) is 5.75 Å². The van der Waals surface area contributed by atoms with E-state index >= 15 is 0 Å². The Morgan fingerprint density at radius 1 is 1.12 bits per heavy atom. The molecular formula is C19H28N2O4. The van der Waals surface area contributed by atoms with E-state index in [0.717, 1.165) is 30.8 Å². The highest BCUT2D eigenvalue weighted by Crippen LogP contribution is 2.19. The molecule has 0 saturated carbocycles. The number of nitrogens with zero attached hydrogens (tertiary/aromatic N) is 2. The summed E-state index contributed by atoms with van der Waals surface area (Å²) < 4.78 is 10.3. The molecule has 1 aromatic carbocycles. The molecule has 0 N–H and O–H groups in total. The Morgan fingerprint density at radius 2 is 1.92 bits per heavy atom. The second-order valence-corrected chi connectivity index (χ2v) is 6.13. The van der Waals surface area contributed by atoms with Gasteiger partial charge in [-0.1, -0.05) is 18.2 Å². The zero-order valence-corrected chi connectivity index (χ0v) is 15.2. The van der Waals surface area contributed by atoms with E-state index in [2.05, 4.69) is 4.90 Å². The number of aryl methyl sites for hydroxylation is 1. The smallest absolute Gasteiger partial charge is 0.320 e. The summed E-state index contributed by atoms with van der Waals surface area (Å²) in [5.41, 5.74) is 1.05. The second kappa shape index (κ2) is 10.0. The van der Waals surface area contributed by atoms with Gasteiger partial charge in [0.05, 0.1) is 20.3 Å². The number of methoxy groups -OCH3 is 1. The molecule has 1 fully saturated rings. The van der Waals surface area contributed by atoms with Crippen molar-refractivity contribution in [2.45, 2.75) is 26.2 Å². The van der Waals surface area contributed by atoms with Crippen LogP contribution in [0.15, 0.2) is 24.3 Å². The highest BCUT2D eigenvalue weighted by molar-refractivity contribution is 5.76. The topological polar surface area (TPSA) is 59.1 Å². The van der Waals surface area contributed by atoms with Crippen LogP contribution in [0.3, 0.4) is 0 Å². The molecule has 6 nitrogen and oxygen atoms in total. The van der Waals surface area contributed by atoms with E-state index in [1.54, 1.807) is 7.11 Å².